The van der Waals surface area contributed by atoms with Gasteiger partial charge in [-0.05, 0) is 0 Å². The lowest BCUT2D eigenvalue weighted by Crippen LogP contribution is -2.23. The van der Waals surface area contributed by atoms with Gasteiger partial charge in [0.2, 0.25) is 0 Å². The van der Waals surface area contributed by atoms with Crippen LogP contribution in [0.2, 0.25) is 0 Å². The maximum Gasteiger partial charge on any atom is 0.290 e. The largest absolute Gasteiger partial charge is 0.381 e. The van der Waals surface area contributed by atoms with E-state index in [0.29, 0.717) is 6.61 Å². The smallest absolute Gasteiger partial charge is 0.290 e. The molecule has 4 nitrogen and oxygen atoms in total. The van der Waals surface area contributed by atoms with Crippen LogP contribution in [-0.4, -0.2) is 19.6 Å². The Morgan fingerprint density at radius 1 is 1.88 bits per heavy atom. The third-order valence-electron chi connectivity index (χ3n) is 0.842. The average molecular weight is 114 g/mol. The van der Waals surface area contributed by atoms with Gasteiger partial charge < -0.3 is 9.47 Å². The molecule has 0 aromatic rings. The Morgan fingerprint density at radius 2 is 2.75 bits per heavy atom. The minimum atomic E-state index is -0.500. The molecule has 1 saturated heterocycles. The molecule has 1 aliphatic heterocycles. The van der Waals surface area contributed by atoms with Crippen LogP contribution in [0.5, 0.6) is 0 Å². The Bertz CT molecular complexity index is 103. The minimum absolute atomic E-state index is 0.500. The highest BCUT2D eigenvalue weighted by Gasteiger charge is 2.13. The molecule has 0 aromatic heterocycles. The lowest BCUT2D eigenvalue weighted by molar-refractivity contribution is -0.0730. The van der Waals surface area contributed by atoms with Crippen molar-refractivity contribution < 1.29 is 9.47 Å². The van der Waals surface area contributed by atoms with Gasteiger partial charge in [0, 0.05) is 6.54 Å². The molecule has 1 fully saturated rings. The topological polar surface area (TPSA) is 54.3 Å². The van der Waals surface area contributed by atoms with Gasteiger partial charge in [0.25, 0.3) is 12.7 Å². The summed E-state index contributed by atoms with van der Waals surface area (Å²) in [5, 5.41) is 10.7. The third kappa shape index (κ3) is 1.09. The van der Waals surface area contributed by atoms with Crippen LogP contribution in [0.25, 0.3) is 0 Å². The van der Waals surface area contributed by atoms with Crippen molar-refractivity contribution in [1.29, 1.82) is 5.26 Å². The summed E-state index contributed by atoms with van der Waals surface area (Å²) in [6, 6.07) is 0. The van der Waals surface area contributed by atoms with E-state index in [0.717, 1.165) is 6.54 Å². The molecule has 1 aliphatic rings. The molecule has 1 unspecified atom stereocenters. The molecule has 1 heterocycles. The van der Waals surface area contributed by atoms with Crippen molar-refractivity contribution >= 4 is 0 Å². The predicted octanol–water partition coefficient (Wildman–Crippen LogP) is -0.613. The zero-order chi connectivity index (χ0) is 5.82. The molecule has 1 N–H and O–H groups in total. The molecule has 8 heavy (non-hydrogen) atoms. The highest BCUT2D eigenvalue weighted by molar-refractivity contribution is 4.57. The van der Waals surface area contributed by atoms with E-state index in [1.54, 1.807) is 0 Å². The molecule has 4 heteroatoms. The maximum absolute atomic E-state index is 7.93. The van der Waals surface area contributed by atoms with Crippen molar-refractivity contribution in [3.63, 3.8) is 0 Å². The fourth-order valence-electron chi connectivity index (χ4n) is 0.525. The molecule has 0 aliphatic carbocycles. The molecular weight excluding hydrogens is 108 g/mol. The Morgan fingerprint density at radius 3 is 3.25 bits per heavy atom. The number of rotatable bonds is 1. The second-order valence-electron chi connectivity index (χ2n) is 1.37. The molecule has 0 spiro atoms. The van der Waals surface area contributed by atoms with Gasteiger partial charge in [-0.3, -0.25) is 5.32 Å². The van der Waals surface area contributed by atoms with Crippen LogP contribution in [0.1, 0.15) is 0 Å². The van der Waals surface area contributed by atoms with Crippen molar-refractivity contribution in [1.82, 2.24) is 5.32 Å². The lowest BCUT2D eigenvalue weighted by atomic mass is 10.7. The predicted molar refractivity (Wildman–Crippen MR) is 24.4 cm³/mol. The highest BCUT2D eigenvalue weighted by Crippen LogP contribution is 1.94. The first-order chi connectivity index (χ1) is 3.93. The van der Waals surface area contributed by atoms with Gasteiger partial charge in [-0.2, -0.15) is 5.26 Å². The highest BCUT2D eigenvalue weighted by atomic mass is 16.7. The van der Waals surface area contributed by atoms with Crippen LogP contribution >= 0.6 is 0 Å². The Hall–Kier alpha value is -0.790. The van der Waals surface area contributed by atoms with Gasteiger partial charge in [0.15, 0.2) is 0 Å². The van der Waals surface area contributed by atoms with Crippen molar-refractivity contribution in [3.8, 4) is 6.26 Å². The normalized spacial score (nSPS) is 27.1. The SMILES string of the molecule is N#COC1NCCO1. The average Bonchev–Trinajstić information content (AvgIpc) is 2.19. The minimum Gasteiger partial charge on any atom is -0.381 e. The van der Waals surface area contributed by atoms with Crippen molar-refractivity contribution in [3.05, 3.63) is 0 Å². The number of hydrogen-bond acceptors (Lipinski definition) is 4. The van der Waals surface area contributed by atoms with E-state index >= 15 is 0 Å². The first-order valence-electron chi connectivity index (χ1n) is 2.33. The summed E-state index contributed by atoms with van der Waals surface area (Å²) in [5.41, 5.74) is 0. The Labute approximate surface area is 47.0 Å². The van der Waals surface area contributed by atoms with Crippen LogP contribution < -0.4 is 5.32 Å². The summed E-state index contributed by atoms with van der Waals surface area (Å²) in [6.45, 7) is 1.37. The van der Waals surface area contributed by atoms with Crippen molar-refractivity contribution in [2.75, 3.05) is 13.2 Å². The van der Waals surface area contributed by atoms with Crippen LogP contribution in [0.15, 0.2) is 0 Å². The zero-order valence-corrected chi connectivity index (χ0v) is 4.26. The Balaban J connectivity index is 2.17. The van der Waals surface area contributed by atoms with E-state index in [-0.39, 0.29) is 0 Å². The summed E-state index contributed by atoms with van der Waals surface area (Å²) >= 11 is 0. The standard InChI is InChI=1S/C4H6N2O2/c5-3-8-4-6-1-2-7-4/h4,6H,1-2H2. The fourth-order valence-corrected chi connectivity index (χ4v) is 0.525. The van der Waals surface area contributed by atoms with Gasteiger partial charge in [0.1, 0.15) is 0 Å². The molecule has 1 rings (SSSR count). The van der Waals surface area contributed by atoms with Gasteiger partial charge in [-0.15, -0.1) is 0 Å². The second kappa shape index (κ2) is 2.50. The third-order valence-corrected chi connectivity index (χ3v) is 0.842. The van der Waals surface area contributed by atoms with E-state index in [1.807, 2.05) is 0 Å². The summed E-state index contributed by atoms with van der Waals surface area (Å²) < 4.78 is 9.21. The number of nitriles is 1. The molecule has 0 radical (unpaired) electrons. The summed E-state index contributed by atoms with van der Waals surface area (Å²) in [4.78, 5) is 0. The summed E-state index contributed by atoms with van der Waals surface area (Å²) in [5.74, 6) is 0. The first kappa shape index (κ1) is 5.35. The molecule has 0 amide bonds. The van der Waals surface area contributed by atoms with Crippen molar-refractivity contribution in [2.24, 2.45) is 0 Å². The van der Waals surface area contributed by atoms with Crippen LogP contribution in [0.4, 0.5) is 0 Å². The van der Waals surface area contributed by atoms with E-state index in [9.17, 15) is 0 Å². The van der Waals surface area contributed by atoms with E-state index in [1.165, 1.54) is 6.26 Å². The van der Waals surface area contributed by atoms with E-state index in [2.05, 4.69) is 10.1 Å². The number of ether oxygens (including phenoxy) is 2. The van der Waals surface area contributed by atoms with Gasteiger partial charge in [-0.25, -0.2) is 0 Å². The number of hydrogen-bond donors (Lipinski definition) is 1. The zero-order valence-electron chi connectivity index (χ0n) is 4.26. The van der Waals surface area contributed by atoms with Gasteiger partial charge >= 0.3 is 0 Å². The Kier molecular flexibility index (Phi) is 1.67. The molecule has 0 aromatic carbocycles. The van der Waals surface area contributed by atoms with Crippen LogP contribution in [-0.2, 0) is 9.47 Å². The molecular formula is C4H6N2O2. The fraction of sp³-hybridized carbons (Fsp3) is 0.750. The molecule has 1 atom stereocenters. The van der Waals surface area contributed by atoms with Gasteiger partial charge in [-0.1, -0.05) is 0 Å². The quantitative estimate of drug-likeness (QED) is 0.462. The van der Waals surface area contributed by atoms with Crippen LogP contribution in [0.3, 0.4) is 0 Å². The number of nitrogens with one attached hydrogen (secondary N) is 1. The monoisotopic (exact) mass is 114 g/mol. The summed E-state index contributed by atoms with van der Waals surface area (Å²) in [7, 11) is 0. The van der Waals surface area contributed by atoms with Gasteiger partial charge in [0.05, 0.1) is 6.61 Å². The molecule has 0 bridgehead atoms. The van der Waals surface area contributed by atoms with Crippen molar-refractivity contribution in [2.45, 2.75) is 6.41 Å². The maximum atomic E-state index is 7.93. The van der Waals surface area contributed by atoms with E-state index < -0.39 is 6.41 Å². The second-order valence-corrected chi connectivity index (χ2v) is 1.37. The number of nitrogens with zero attached hydrogens (tertiary/aromatic N) is 1. The molecule has 44 valence electrons. The van der Waals surface area contributed by atoms with E-state index in [4.69, 9.17) is 10.00 Å². The van der Waals surface area contributed by atoms with Crippen LogP contribution in [0, 0.1) is 11.5 Å². The lowest BCUT2D eigenvalue weighted by Gasteiger charge is -2.02. The molecule has 0 saturated carbocycles. The summed E-state index contributed by atoms with van der Waals surface area (Å²) in [6.07, 6.45) is 1.02. The first-order valence-corrected chi connectivity index (χ1v) is 2.33.